The van der Waals surface area contributed by atoms with E-state index in [1.807, 2.05) is 13.8 Å². The Bertz CT molecular complexity index is 1850. The minimum Gasteiger partial charge on any atom is -0.466 e. The number of amides is 3. The Morgan fingerprint density at radius 1 is 0.400 bits per heavy atom. The molecule has 3 rings (SSSR count). The molecule has 25 nitrogen and oxygen atoms in total. The summed E-state index contributed by atoms with van der Waals surface area (Å²) in [6.07, 6.45) is 12.6. The first-order chi connectivity index (χ1) is 45.6. The van der Waals surface area contributed by atoms with Crippen LogP contribution in [0, 0.1) is 35.0 Å². The van der Waals surface area contributed by atoms with Crippen molar-refractivity contribution >= 4 is 35.6 Å². The van der Waals surface area contributed by atoms with Crippen molar-refractivity contribution in [2.75, 3.05) is 79.1 Å². The van der Waals surface area contributed by atoms with Gasteiger partial charge in [0.05, 0.1) is 75.8 Å². The first-order valence-electron chi connectivity index (χ1n) is 36.3. The summed E-state index contributed by atoms with van der Waals surface area (Å²) in [5.41, 5.74) is -0.197. The van der Waals surface area contributed by atoms with Gasteiger partial charge in [0.2, 0.25) is 11.8 Å². The molecular formula is C70H127N3O22. The van der Waals surface area contributed by atoms with Gasteiger partial charge in [0.25, 0.3) is 0 Å². The molecule has 0 radical (unpaired) electrons. The average Bonchev–Trinajstić information content (AvgIpc) is 0.851. The quantitative estimate of drug-likeness (QED) is 0.0191. The predicted octanol–water partition coefficient (Wildman–Crippen LogP) is 5.91. The third-order valence-electron chi connectivity index (χ3n) is 19.5. The molecule has 0 spiro atoms. The number of ketones is 1. The standard InChI is InChI=1S/C70H127N3O22/c1-49-55(44-52(46-74)65(85)62(49)82)89-38-20-27-54(77)26-14-8-5-13-19-37-73-69(88)94-43-25-34-70(4,32-23-41-91-60(80)30-15-9-6-11-17-35-71-58(78)28-21-39-90-56-45-53(47-75)66(86)63(83)50(56)2)33-24-42-92-61(81)31-16-10-7-12-18-36-72-59(79)29-22-40-93-68-51(3)64(84)67(87)57(48-76)95-68/h49-53,55-57,62-68,74-76,82-87H,5-48H2,1-4H3,(H,71,78)(H,72,79)(H,73,88). The van der Waals surface area contributed by atoms with E-state index in [1.54, 1.807) is 6.92 Å². The first-order valence-corrected chi connectivity index (χ1v) is 36.3. The van der Waals surface area contributed by atoms with Crippen LogP contribution in [0.1, 0.15) is 233 Å². The fourth-order valence-corrected chi connectivity index (χ4v) is 12.9. The fourth-order valence-electron chi connectivity index (χ4n) is 12.9. The molecular weight excluding hydrogens is 1230 g/mol. The van der Waals surface area contributed by atoms with Gasteiger partial charge in [-0.05, 0) is 115 Å². The smallest absolute Gasteiger partial charge is 0.407 e. The number of esters is 2. The van der Waals surface area contributed by atoms with Gasteiger partial charge < -0.3 is 95.1 Å². The Balaban J connectivity index is 1.26. The normalized spacial score (nSPS) is 26.7. The molecule has 0 bridgehead atoms. The van der Waals surface area contributed by atoms with Crippen LogP contribution in [0.4, 0.5) is 4.79 Å². The number of nitrogens with one attached hydrogen (secondary N) is 3. The number of carbonyl (C=O) groups is 6. The van der Waals surface area contributed by atoms with E-state index < -0.39 is 79.5 Å². The van der Waals surface area contributed by atoms with Crippen LogP contribution in [0.2, 0.25) is 0 Å². The molecule has 554 valence electrons. The van der Waals surface area contributed by atoms with Crippen LogP contribution in [-0.4, -0.2) is 222 Å². The van der Waals surface area contributed by atoms with E-state index >= 15 is 0 Å². The average molecular weight is 1360 g/mol. The number of carbonyl (C=O) groups excluding carboxylic acids is 6. The van der Waals surface area contributed by atoms with E-state index in [0.717, 1.165) is 103 Å². The second-order valence-electron chi connectivity index (χ2n) is 27.5. The third-order valence-corrected chi connectivity index (χ3v) is 19.5. The highest BCUT2D eigenvalue weighted by atomic mass is 16.7. The zero-order chi connectivity index (χ0) is 69.8. The van der Waals surface area contributed by atoms with E-state index in [2.05, 4.69) is 22.9 Å². The van der Waals surface area contributed by atoms with Crippen molar-refractivity contribution in [1.82, 2.24) is 16.0 Å². The maximum atomic E-state index is 12.7. The molecule has 95 heavy (non-hydrogen) atoms. The van der Waals surface area contributed by atoms with Gasteiger partial charge in [0.1, 0.15) is 18.0 Å². The van der Waals surface area contributed by atoms with Crippen LogP contribution in [0.3, 0.4) is 0 Å². The number of unbranched alkanes of at least 4 members (excludes halogenated alkanes) is 12. The zero-order valence-corrected chi connectivity index (χ0v) is 58.1. The SMILES string of the molecule is CC1C(OCCCC(=O)CCCCCCCNC(=O)OCCCC(C)(CCCOC(=O)CCCCCCCNC(=O)CCCOC2CC(CO)C(O)C(O)C2C)CCCOC(=O)CCCCCCCNC(=O)CCCOC2OC(CO)C(O)C(O)C2C)CC(CO)C(O)C1O. The number of alkyl carbamates (subject to hydrolysis) is 1. The van der Waals surface area contributed by atoms with Gasteiger partial charge in [0, 0.05) is 114 Å². The number of aliphatic hydroxyl groups excluding tert-OH is 9. The number of hydrogen-bond donors (Lipinski definition) is 12. The minimum absolute atomic E-state index is 0.0558. The molecule has 2 aliphatic carbocycles. The van der Waals surface area contributed by atoms with Gasteiger partial charge in [-0.1, -0.05) is 85.5 Å². The zero-order valence-electron chi connectivity index (χ0n) is 58.1. The minimum atomic E-state index is -1.20. The molecule has 16 unspecified atom stereocenters. The largest absolute Gasteiger partial charge is 0.466 e. The van der Waals surface area contributed by atoms with Crippen molar-refractivity contribution in [3.8, 4) is 0 Å². The molecule has 0 aromatic rings. The van der Waals surface area contributed by atoms with Gasteiger partial charge in [0.15, 0.2) is 6.29 Å². The molecule has 2 saturated carbocycles. The van der Waals surface area contributed by atoms with Gasteiger partial charge >= 0.3 is 18.0 Å². The van der Waals surface area contributed by atoms with E-state index in [-0.39, 0.29) is 105 Å². The Morgan fingerprint density at radius 3 is 1.23 bits per heavy atom. The monoisotopic (exact) mass is 1360 g/mol. The van der Waals surface area contributed by atoms with Crippen LogP contribution in [0.25, 0.3) is 0 Å². The van der Waals surface area contributed by atoms with Gasteiger partial charge in [-0.25, -0.2) is 4.79 Å². The van der Waals surface area contributed by atoms with Crippen LogP contribution in [-0.2, 0) is 57.1 Å². The number of ether oxygens (including phenoxy) is 7. The van der Waals surface area contributed by atoms with Crippen molar-refractivity contribution in [2.24, 2.45) is 35.0 Å². The lowest BCUT2D eigenvalue weighted by Gasteiger charge is -2.40. The summed E-state index contributed by atoms with van der Waals surface area (Å²) in [6.45, 7) is 9.93. The Morgan fingerprint density at radius 2 is 0.779 bits per heavy atom. The van der Waals surface area contributed by atoms with Crippen molar-refractivity contribution in [3.63, 3.8) is 0 Å². The Hall–Kier alpha value is -3.70. The van der Waals surface area contributed by atoms with Crippen molar-refractivity contribution < 1.29 is 108 Å². The van der Waals surface area contributed by atoms with E-state index in [9.17, 15) is 74.7 Å². The maximum absolute atomic E-state index is 12.7. The van der Waals surface area contributed by atoms with Crippen LogP contribution < -0.4 is 16.0 Å². The van der Waals surface area contributed by atoms with Crippen molar-refractivity contribution in [3.05, 3.63) is 0 Å². The maximum Gasteiger partial charge on any atom is 0.407 e. The summed E-state index contributed by atoms with van der Waals surface area (Å²) in [7, 11) is 0. The van der Waals surface area contributed by atoms with Gasteiger partial charge in [-0.2, -0.15) is 0 Å². The molecule has 16 atom stereocenters. The molecule has 0 aromatic carbocycles. The number of hydrogen-bond acceptors (Lipinski definition) is 22. The summed E-state index contributed by atoms with van der Waals surface area (Å²) in [5, 5.41) is 98.3. The van der Waals surface area contributed by atoms with Gasteiger partial charge in [-0.3, -0.25) is 24.0 Å². The van der Waals surface area contributed by atoms with E-state index in [1.165, 1.54) is 0 Å². The molecule has 0 aromatic heterocycles. The lowest BCUT2D eigenvalue weighted by atomic mass is 9.76. The number of aliphatic hydroxyl groups is 9. The highest BCUT2D eigenvalue weighted by Gasteiger charge is 2.44. The van der Waals surface area contributed by atoms with Crippen molar-refractivity contribution in [2.45, 2.75) is 294 Å². The molecule has 3 fully saturated rings. The molecule has 3 aliphatic rings. The molecule has 1 aliphatic heterocycles. The molecule has 1 saturated heterocycles. The second kappa shape index (κ2) is 50.6. The highest BCUT2D eigenvalue weighted by molar-refractivity contribution is 5.78. The molecule has 25 heteroatoms. The summed E-state index contributed by atoms with van der Waals surface area (Å²) in [4.78, 5) is 75.1. The first kappa shape index (κ1) is 85.5. The molecule has 3 amide bonds. The molecule has 1 heterocycles. The van der Waals surface area contributed by atoms with Gasteiger partial charge in [-0.15, -0.1) is 0 Å². The topological polar surface area (TPSA) is 385 Å². The van der Waals surface area contributed by atoms with E-state index in [0.29, 0.717) is 129 Å². The lowest BCUT2D eigenvalue weighted by molar-refractivity contribution is -0.282. The van der Waals surface area contributed by atoms with Crippen molar-refractivity contribution in [1.29, 1.82) is 0 Å². The van der Waals surface area contributed by atoms with E-state index in [4.69, 9.17) is 33.2 Å². The number of Topliss-reactive ketones (excluding diaryl/α,β-unsaturated/α-hetero) is 1. The number of rotatable bonds is 54. The van der Waals surface area contributed by atoms with Crippen LogP contribution >= 0.6 is 0 Å². The summed E-state index contributed by atoms with van der Waals surface area (Å²) in [6, 6.07) is 0. The van der Waals surface area contributed by atoms with Crippen LogP contribution in [0.15, 0.2) is 0 Å². The molecule has 12 N–H and O–H groups in total. The predicted molar refractivity (Wildman–Crippen MR) is 354 cm³/mol. The summed E-state index contributed by atoms with van der Waals surface area (Å²) in [5.74, 6) is -2.35. The second-order valence-corrected chi connectivity index (χ2v) is 27.5. The Kier molecular flexibility index (Phi) is 45.5. The summed E-state index contributed by atoms with van der Waals surface area (Å²) < 4.78 is 39.9. The highest BCUT2D eigenvalue weighted by Crippen LogP contribution is 2.36. The fraction of sp³-hybridized carbons (Fsp3) is 0.914. The van der Waals surface area contributed by atoms with Crippen LogP contribution in [0.5, 0.6) is 0 Å². The summed E-state index contributed by atoms with van der Waals surface area (Å²) >= 11 is 0. The Labute approximate surface area is 565 Å². The lowest BCUT2D eigenvalue weighted by Crippen LogP contribution is -2.55. The third kappa shape index (κ3) is 35.8.